The number of fused-ring (bicyclic) bond motifs is 1. The summed E-state index contributed by atoms with van der Waals surface area (Å²) >= 11 is 0. The second kappa shape index (κ2) is 6.86. The third kappa shape index (κ3) is 3.54. The number of hydrogen-bond acceptors (Lipinski definition) is 2. The zero-order valence-corrected chi connectivity index (χ0v) is 12.8. The lowest BCUT2D eigenvalue weighted by atomic mass is 10.00. The molecule has 1 atom stereocenters. The molecule has 0 amide bonds. The van der Waals surface area contributed by atoms with E-state index in [-0.39, 0.29) is 12.4 Å². The number of benzene rings is 2. The first kappa shape index (κ1) is 17.1. The van der Waals surface area contributed by atoms with E-state index in [1.165, 1.54) is 4.90 Å². The minimum absolute atomic E-state index is 0. The third-order valence-corrected chi connectivity index (χ3v) is 3.92. The Bertz CT molecular complexity index is 624. The predicted octanol–water partition coefficient (Wildman–Crippen LogP) is 3.77. The SMILES string of the molecule is Cl.FC(F)(F)[C@H](c1ccc2ccccc2c1)N1CCNCC1. The van der Waals surface area contributed by atoms with Crippen molar-refractivity contribution in [2.24, 2.45) is 0 Å². The zero-order valence-electron chi connectivity index (χ0n) is 11.9. The number of alkyl halides is 3. The van der Waals surface area contributed by atoms with Gasteiger partial charge >= 0.3 is 6.18 Å². The maximum atomic E-state index is 13.5. The summed E-state index contributed by atoms with van der Waals surface area (Å²) in [7, 11) is 0. The summed E-state index contributed by atoms with van der Waals surface area (Å²) < 4.78 is 40.6. The van der Waals surface area contributed by atoms with Gasteiger partial charge in [-0.1, -0.05) is 36.4 Å². The second-order valence-electron chi connectivity index (χ2n) is 5.34. The van der Waals surface area contributed by atoms with Crippen molar-refractivity contribution < 1.29 is 13.2 Å². The van der Waals surface area contributed by atoms with Gasteiger partial charge in [-0.2, -0.15) is 13.2 Å². The first-order valence-corrected chi connectivity index (χ1v) is 7.06. The number of hydrogen-bond donors (Lipinski definition) is 1. The van der Waals surface area contributed by atoms with Crippen LogP contribution in [0.1, 0.15) is 11.6 Å². The highest BCUT2D eigenvalue weighted by molar-refractivity contribution is 5.85. The largest absolute Gasteiger partial charge is 0.408 e. The van der Waals surface area contributed by atoms with Gasteiger partial charge < -0.3 is 5.32 Å². The van der Waals surface area contributed by atoms with Crippen molar-refractivity contribution in [1.82, 2.24) is 10.2 Å². The van der Waals surface area contributed by atoms with Crippen LogP contribution in [0, 0.1) is 0 Å². The molecule has 0 bridgehead atoms. The summed E-state index contributed by atoms with van der Waals surface area (Å²) in [4.78, 5) is 1.51. The minimum atomic E-state index is -4.26. The Labute approximate surface area is 133 Å². The molecule has 0 saturated carbocycles. The number of rotatable bonds is 2. The topological polar surface area (TPSA) is 15.3 Å². The van der Waals surface area contributed by atoms with E-state index in [2.05, 4.69) is 5.32 Å². The number of nitrogens with zero attached hydrogens (tertiary/aromatic N) is 1. The van der Waals surface area contributed by atoms with Gasteiger partial charge in [0.15, 0.2) is 0 Å². The molecule has 6 heteroatoms. The average Bonchev–Trinajstić information content (AvgIpc) is 2.47. The van der Waals surface area contributed by atoms with Crippen LogP contribution in [0.5, 0.6) is 0 Å². The van der Waals surface area contributed by atoms with Crippen molar-refractivity contribution in [2.45, 2.75) is 12.2 Å². The van der Waals surface area contributed by atoms with Crippen LogP contribution in [0.3, 0.4) is 0 Å². The third-order valence-electron chi connectivity index (χ3n) is 3.92. The van der Waals surface area contributed by atoms with Crippen LogP contribution in [-0.2, 0) is 0 Å². The molecule has 2 aromatic carbocycles. The smallest absolute Gasteiger partial charge is 0.314 e. The molecule has 1 fully saturated rings. The molecule has 3 rings (SSSR count). The summed E-state index contributed by atoms with van der Waals surface area (Å²) in [5.74, 6) is 0. The van der Waals surface area contributed by atoms with Crippen LogP contribution in [-0.4, -0.2) is 37.3 Å². The molecule has 1 heterocycles. The zero-order chi connectivity index (χ0) is 14.9. The molecule has 0 radical (unpaired) electrons. The fourth-order valence-electron chi connectivity index (χ4n) is 2.93. The summed E-state index contributed by atoms with van der Waals surface area (Å²) in [5.41, 5.74) is 0.322. The van der Waals surface area contributed by atoms with Gasteiger partial charge in [-0.05, 0) is 22.4 Å². The van der Waals surface area contributed by atoms with E-state index in [9.17, 15) is 13.2 Å². The van der Waals surface area contributed by atoms with E-state index in [0.29, 0.717) is 31.7 Å². The lowest BCUT2D eigenvalue weighted by Crippen LogP contribution is -2.49. The Morgan fingerprint density at radius 1 is 0.955 bits per heavy atom. The van der Waals surface area contributed by atoms with Crippen LogP contribution < -0.4 is 5.32 Å². The highest BCUT2D eigenvalue weighted by atomic mass is 35.5. The Kier molecular flexibility index (Phi) is 5.32. The molecule has 2 aromatic rings. The summed E-state index contributed by atoms with van der Waals surface area (Å²) in [5, 5.41) is 4.90. The van der Waals surface area contributed by atoms with Crippen molar-refractivity contribution in [3.63, 3.8) is 0 Å². The fraction of sp³-hybridized carbons (Fsp3) is 0.375. The Morgan fingerprint density at radius 3 is 2.23 bits per heavy atom. The number of nitrogens with one attached hydrogen (secondary N) is 1. The van der Waals surface area contributed by atoms with Crippen LogP contribution in [0.4, 0.5) is 13.2 Å². The molecule has 0 spiro atoms. The monoisotopic (exact) mass is 330 g/mol. The van der Waals surface area contributed by atoms with E-state index in [1.54, 1.807) is 18.2 Å². The van der Waals surface area contributed by atoms with Crippen molar-refractivity contribution in [2.75, 3.05) is 26.2 Å². The molecule has 1 aliphatic heterocycles. The highest BCUT2D eigenvalue weighted by Crippen LogP contribution is 2.38. The van der Waals surface area contributed by atoms with E-state index in [0.717, 1.165) is 10.8 Å². The highest BCUT2D eigenvalue weighted by Gasteiger charge is 2.44. The average molecular weight is 331 g/mol. The van der Waals surface area contributed by atoms with Gasteiger partial charge in [-0.3, -0.25) is 4.90 Å². The summed E-state index contributed by atoms with van der Waals surface area (Å²) in [6.45, 7) is 2.02. The quantitative estimate of drug-likeness (QED) is 0.901. The van der Waals surface area contributed by atoms with Gasteiger partial charge in [-0.25, -0.2) is 0 Å². The van der Waals surface area contributed by atoms with Gasteiger partial charge in [0.25, 0.3) is 0 Å². The molecule has 0 unspecified atom stereocenters. The Hall–Kier alpha value is -1.30. The lowest BCUT2D eigenvalue weighted by Gasteiger charge is -2.36. The molecular formula is C16H18ClF3N2. The summed E-state index contributed by atoms with van der Waals surface area (Å²) in [6.07, 6.45) is -4.26. The standard InChI is InChI=1S/C16H17F3N2.ClH/c17-16(18,19)15(21-9-7-20-8-10-21)14-6-5-12-3-1-2-4-13(12)11-14;/h1-6,11,15,20H,7-10H2;1H/t15-;/m0./s1. The molecular weight excluding hydrogens is 313 g/mol. The molecule has 0 aromatic heterocycles. The molecule has 120 valence electrons. The number of halogens is 4. The van der Waals surface area contributed by atoms with E-state index in [1.807, 2.05) is 24.3 Å². The predicted molar refractivity (Wildman–Crippen MR) is 84.4 cm³/mol. The summed E-state index contributed by atoms with van der Waals surface area (Å²) in [6, 6.07) is 11.0. The second-order valence-corrected chi connectivity index (χ2v) is 5.34. The van der Waals surface area contributed by atoms with E-state index in [4.69, 9.17) is 0 Å². The maximum absolute atomic E-state index is 13.5. The minimum Gasteiger partial charge on any atom is -0.314 e. The van der Waals surface area contributed by atoms with Gasteiger partial charge in [-0.15, -0.1) is 12.4 Å². The number of piperazine rings is 1. The van der Waals surface area contributed by atoms with Crippen molar-refractivity contribution in [3.8, 4) is 0 Å². The van der Waals surface area contributed by atoms with Gasteiger partial charge in [0.2, 0.25) is 0 Å². The van der Waals surface area contributed by atoms with Crippen LogP contribution in [0.25, 0.3) is 10.8 Å². The van der Waals surface area contributed by atoms with Crippen molar-refractivity contribution in [3.05, 3.63) is 48.0 Å². The van der Waals surface area contributed by atoms with Crippen molar-refractivity contribution >= 4 is 23.2 Å². The van der Waals surface area contributed by atoms with Crippen LogP contribution >= 0.6 is 12.4 Å². The van der Waals surface area contributed by atoms with E-state index >= 15 is 0 Å². The lowest BCUT2D eigenvalue weighted by molar-refractivity contribution is -0.187. The Balaban J connectivity index is 0.00000176. The molecule has 1 saturated heterocycles. The molecule has 1 aliphatic rings. The normalized spacial score (nSPS) is 18.0. The molecule has 2 nitrogen and oxygen atoms in total. The van der Waals surface area contributed by atoms with E-state index < -0.39 is 12.2 Å². The maximum Gasteiger partial charge on any atom is 0.408 e. The van der Waals surface area contributed by atoms with Crippen LogP contribution in [0.2, 0.25) is 0 Å². The van der Waals surface area contributed by atoms with Gasteiger partial charge in [0, 0.05) is 26.2 Å². The van der Waals surface area contributed by atoms with Crippen LogP contribution in [0.15, 0.2) is 42.5 Å². The first-order chi connectivity index (χ1) is 10.1. The molecule has 0 aliphatic carbocycles. The first-order valence-electron chi connectivity index (χ1n) is 7.06. The Morgan fingerprint density at radius 2 is 1.59 bits per heavy atom. The van der Waals surface area contributed by atoms with Gasteiger partial charge in [0.1, 0.15) is 6.04 Å². The van der Waals surface area contributed by atoms with Gasteiger partial charge in [0.05, 0.1) is 0 Å². The fourth-order valence-corrected chi connectivity index (χ4v) is 2.93. The molecule has 1 N–H and O–H groups in total. The molecule has 22 heavy (non-hydrogen) atoms. The van der Waals surface area contributed by atoms with Crippen molar-refractivity contribution in [1.29, 1.82) is 0 Å².